The number of carbonyl (C=O) groups is 1. The number of hydrogen-bond acceptors (Lipinski definition) is 10. The van der Waals surface area contributed by atoms with Gasteiger partial charge in [0, 0.05) is 18.0 Å². The molecule has 0 saturated heterocycles. The summed E-state index contributed by atoms with van der Waals surface area (Å²) in [6.45, 7) is 0.0740. The van der Waals surface area contributed by atoms with Gasteiger partial charge in [-0.15, -0.1) is 11.3 Å². The zero-order chi connectivity index (χ0) is 22.3. The highest BCUT2D eigenvalue weighted by molar-refractivity contribution is 7.13. The van der Waals surface area contributed by atoms with Crippen molar-refractivity contribution in [2.45, 2.75) is 19.4 Å². The van der Waals surface area contributed by atoms with Gasteiger partial charge in [0.25, 0.3) is 0 Å². The summed E-state index contributed by atoms with van der Waals surface area (Å²) in [7, 11) is 3.17. The zero-order valence-electron chi connectivity index (χ0n) is 17.5. The molecule has 0 unspecified atom stereocenters. The Morgan fingerprint density at radius 3 is 2.78 bits per heavy atom. The number of benzene rings is 1. The SMILES string of the molecule is COc1cccc(-c2nc(COC(=O)CCc3nc(-c4ccccn4)no3)cs2)c1OC. The molecule has 0 spiro atoms. The van der Waals surface area contributed by atoms with Gasteiger partial charge >= 0.3 is 5.97 Å². The number of aryl methyl sites for hydroxylation is 1. The molecule has 0 bridgehead atoms. The van der Waals surface area contributed by atoms with Gasteiger partial charge in [-0.1, -0.05) is 17.3 Å². The average Bonchev–Trinajstić information content (AvgIpc) is 3.51. The molecule has 4 rings (SSSR count). The topological polar surface area (TPSA) is 109 Å². The van der Waals surface area contributed by atoms with E-state index in [0.29, 0.717) is 34.6 Å². The van der Waals surface area contributed by atoms with Gasteiger partial charge in [-0.2, -0.15) is 4.98 Å². The number of carbonyl (C=O) groups excluding carboxylic acids is 1. The first-order valence-corrected chi connectivity index (χ1v) is 10.6. The van der Waals surface area contributed by atoms with Crippen molar-refractivity contribution in [3.8, 4) is 33.6 Å². The molecule has 0 aliphatic rings. The molecule has 3 heterocycles. The molecule has 4 aromatic rings. The molecule has 164 valence electrons. The van der Waals surface area contributed by atoms with E-state index >= 15 is 0 Å². The van der Waals surface area contributed by atoms with Crippen LogP contribution in [0.25, 0.3) is 22.1 Å². The lowest BCUT2D eigenvalue weighted by Crippen LogP contribution is -2.06. The van der Waals surface area contributed by atoms with Crippen LogP contribution >= 0.6 is 11.3 Å². The summed E-state index contributed by atoms with van der Waals surface area (Å²) >= 11 is 1.44. The van der Waals surface area contributed by atoms with Crippen LogP contribution in [0.5, 0.6) is 11.5 Å². The van der Waals surface area contributed by atoms with Gasteiger partial charge in [0.05, 0.1) is 31.9 Å². The van der Waals surface area contributed by atoms with Crippen molar-refractivity contribution in [3.05, 3.63) is 59.6 Å². The number of hydrogen-bond donors (Lipinski definition) is 0. The molecule has 0 aliphatic carbocycles. The van der Waals surface area contributed by atoms with Crippen LogP contribution in [0.15, 0.2) is 52.5 Å². The molecule has 0 radical (unpaired) electrons. The fourth-order valence-corrected chi connectivity index (χ4v) is 3.77. The summed E-state index contributed by atoms with van der Waals surface area (Å²) in [5.41, 5.74) is 2.07. The van der Waals surface area contributed by atoms with Gasteiger partial charge in [0.1, 0.15) is 17.3 Å². The van der Waals surface area contributed by atoms with Gasteiger partial charge in [-0.05, 0) is 24.3 Å². The quantitative estimate of drug-likeness (QED) is 0.349. The van der Waals surface area contributed by atoms with Crippen molar-refractivity contribution in [2.24, 2.45) is 0 Å². The standard InChI is InChI=1S/C22H20N4O5S/c1-28-17-8-5-6-15(20(17)29-2)22-24-14(13-32-22)12-30-19(27)10-9-18-25-21(26-31-18)16-7-3-4-11-23-16/h3-8,11,13H,9-10,12H2,1-2H3. The molecule has 32 heavy (non-hydrogen) atoms. The second-order valence-corrected chi connectivity index (χ2v) is 7.43. The number of para-hydroxylation sites is 1. The highest BCUT2D eigenvalue weighted by Gasteiger charge is 2.16. The number of rotatable bonds is 9. The molecule has 10 heteroatoms. The number of aromatic nitrogens is 4. The molecule has 0 N–H and O–H groups in total. The highest BCUT2D eigenvalue weighted by atomic mass is 32.1. The summed E-state index contributed by atoms with van der Waals surface area (Å²) in [6, 6.07) is 11.0. The molecule has 0 saturated carbocycles. The Kier molecular flexibility index (Phi) is 6.71. The minimum Gasteiger partial charge on any atom is -0.493 e. The number of ether oxygens (including phenoxy) is 3. The first-order chi connectivity index (χ1) is 15.7. The Bertz CT molecular complexity index is 1190. The molecule has 0 amide bonds. The molecule has 0 atom stereocenters. The summed E-state index contributed by atoms with van der Waals surface area (Å²) in [4.78, 5) is 25.1. The van der Waals surface area contributed by atoms with Gasteiger partial charge in [0.15, 0.2) is 11.5 Å². The van der Waals surface area contributed by atoms with E-state index in [4.69, 9.17) is 18.7 Å². The lowest BCUT2D eigenvalue weighted by molar-refractivity contribution is -0.145. The van der Waals surface area contributed by atoms with Crippen LogP contribution < -0.4 is 9.47 Å². The van der Waals surface area contributed by atoms with Crippen LogP contribution in [0.3, 0.4) is 0 Å². The molecular formula is C22H20N4O5S. The predicted octanol–water partition coefficient (Wildman–Crippen LogP) is 3.95. The van der Waals surface area contributed by atoms with E-state index in [1.165, 1.54) is 11.3 Å². The first kappa shape index (κ1) is 21.4. The summed E-state index contributed by atoms with van der Waals surface area (Å²) in [5, 5.41) is 6.48. The predicted molar refractivity (Wildman–Crippen MR) is 116 cm³/mol. The number of thiazole rings is 1. The molecule has 3 aromatic heterocycles. The minimum atomic E-state index is -0.379. The summed E-state index contributed by atoms with van der Waals surface area (Å²) in [6.07, 6.45) is 2.05. The van der Waals surface area contributed by atoms with Crippen molar-refractivity contribution in [3.63, 3.8) is 0 Å². The third kappa shape index (κ3) is 4.92. The third-order valence-electron chi connectivity index (χ3n) is 4.47. The number of methoxy groups -OCH3 is 2. The Balaban J connectivity index is 1.31. The van der Waals surface area contributed by atoms with Gasteiger partial charge in [0.2, 0.25) is 11.7 Å². The maximum absolute atomic E-state index is 12.1. The van der Waals surface area contributed by atoms with Crippen LogP contribution in [0.4, 0.5) is 0 Å². The van der Waals surface area contributed by atoms with E-state index < -0.39 is 0 Å². The molecular weight excluding hydrogens is 432 g/mol. The van der Waals surface area contributed by atoms with Crippen molar-refractivity contribution in [2.75, 3.05) is 14.2 Å². The van der Waals surface area contributed by atoms with Gasteiger partial charge in [-0.25, -0.2) is 4.98 Å². The Labute approximate surface area is 188 Å². The smallest absolute Gasteiger partial charge is 0.306 e. The zero-order valence-corrected chi connectivity index (χ0v) is 18.3. The molecule has 0 aliphatic heterocycles. The third-order valence-corrected chi connectivity index (χ3v) is 5.40. The molecule has 0 fully saturated rings. The Morgan fingerprint density at radius 2 is 2.00 bits per heavy atom. The van der Waals surface area contributed by atoms with Crippen LogP contribution in [0.1, 0.15) is 18.0 Å². The normalized spacial score (nSPS) is 10.7. The van der Waals surface area contributed by atoms with Crippen molar-refractivity contribution < 1.29 is 23.5 Å². The second kappa shape index (κ2) is 10.0. The van der Waals surface area contributed by atoms with Crippen LogP contribution in [0, 0.1) is 0 Å². The van der Waals surface area contributed by atoms with Crippen molar-refractivity contribution in [1.29, 1.82) is 0 Å². The summed E-state index contributed by atoms with van der Waals surface area (Å²) in [5.74, 6) is 1.59. The largest absolute Gasteiger partial charge is 0.493 e. The number of pyridine rings is 1. The van der Waals surface area contributed by atoms with E-state index in [1.807, 2.05) is 29.6 Å². The van der Waals surface area contributed by atoms with Crippen LogP contribution in [-0.2, 0) is 22.6 Å². The van der Waals surface area contributed by atoms with Gasteiger partial charge < -0.3 is 18.7 Å². The highest BCUT2D eigenvalue weighted by Crippen LogP contribution is 2.39. The second-order valence-electron chi connectivity index (χ2n) is 6.57. The van der Waals surface area contributed by atoms with E-state index in [-0.39, 0.29) is 25.4 Å². The average molecular weight is 452 g/mol. The van der Waals surface area contributed by atoms with Crippen molar-refractivity contribution in [1.82, 2.24) is 20.1 Å². The minimum absolute atomic E-state index is 0.0740. The first-order valence-electron chi connectivity index (χ1n) is 9.73. The Morgan fingerprint density at radius 1 is 1.09 bits per heavy atom. The number of nitrogens with zero attached hydrogens (tertiary/aromatic N) is 4. The van der Waals surface area contributed by atoms with Crippen LogP contribution in [0.2, 0.25) is 0 Å². The number of esters is 1. The summed E-state index contributed by atoms with van der Waals surface area (Å²) < 4.78 is 21.3. The van der Waals surface area contributed by atoms with E-state index in [0.717, 1.165) is 10.6 Å². The molecule has 9 nitrogen and oxygen atoms in total. The lowest BCUT2D eigenvalue weighted by Gasteiger charge is -2.10. The fourth-order valence-electron chi connectivity index (χ4n) is 2.94. The lowest BCUT2D eigenvalue weighted by atomic mass is 10.2. The van der Waals surface area contributed by atoms with E-state index in [2.05, 4.69) is 20.1 Å². The molecule has 1 aromatic carbocycles. The van der Waals surface area contributed by atoms with E-state index in [9.17, 15) is 4.79 Å². The Hall–Kier alpha value is -3.79. The van der Waals surface area contributed by atoms with E-state index in [1.54, 1.807) is 32.5 Å². The monoisotopic (exact) mass is 452 g/mol. The maximum Gasteiger partial charge on any atom is 0.306 e. The fraction of sp³-hybridized carbons (Fsp3) is 0.227. The maximum atomic E-state index is 12.1. The van der Waals surface area contributed by atoms with Crippen LogP contribution in [-0.4, -0.2) is 40.3 Å². The van der Waals surface area contributed by atoms with Gasteiger partial charge in [-0.3, -0.25) is 9.78 Å². The van der Waals surface area contributed by atoms with Crippen molar-refractivity contribution >= 4 is 17.3 Å².